The predicted octanol–water partition coefficient (Wildman–Crippen LogP) is 0.707. The number of halogens is 1. The Morgan fingerprint density at radius 2 is 2.14 bits per heavy atom. The summed E-state index contributed by atoms with van der Waals surface area (Å²) >= 11 is 5.82. The van der Waals surface area contributed by atoms with E-state index in [1.807, 2.05) is 0 Å². The average Bonchev–Trinajstić information content (AvgIpc) is 2.17. The molecule has 6 heteroatoms. The van der Waals surface area contributed by atoms with Crippen molar-refractivity contribution in [3.05, 3.63) is 28.8 Å². The Morgan fingerprint density at radius 3 is 2.57 bits per heavy atom. The van der Waals surface area contributed by atoms with Crippen molar-refractivity contribution in [1.82, 2.24) is 4.72 Å². The Balaban J connectivity index is 3.22. The molecule has 1 rings (SSSR count). The second-order valence-electron chi connectivity index (χ2n) is 2.66. The Morgan fingerprint density at radius 1 is 1.50 bits per heavy atom. The quantitative estimate of drug-likeness (QED) is 0.809. The first kappa shape index (κ1) is 11.5. The highest BCUT2D eigenvalue weighted by Gasteiger charge is 2.12. The van der Waals surface area contributed by atoms with E-state index in [0.717, 1.165) is 5.56 Å². The summed E-state index contributed by atoms with van der Waals surface area (Å²) in [4.78, 5) is 0.141. The van der Waals surface area contributed by atoms with Crippen molar-refractivity contribution in [3.8, 4) is 0 Å². The van der Waals surface area contributed by atoms with Crippen LogP contribution in [0, 0.1) is 0 Å². The normalized spacial score (nSPS) is 11.6. The number of nitrogens with two attached hydrogens (primary N) is 1. The third-order valence-electron chi connectivity index (χ3n) is 1.82. The van der Waals surface area contributed by atoms with Gasteiger partial charge in [-0.1, -0.05) is 17.7 Å². The van der Waals surface area contributed by atoms with Crippen LogP contribution in [0.3, 0.4) is 0 Å². The van der Waals surface area contributed by atoms with Gasteiger partial charge in [-0.05, 0) is 24.7 Å². The highest BCUT2D eigenvalue weighted by molar-refractivity contribution is 7.89. The molecule has 0 aliphatic carbocycles. The van der Waals surface area contributed by atoms with Gasteiger partial charge in [-0.3, -0.25) is 0 Å². The third kappa shape index (κ3) is 2.24. The smallest absolute Gasteiger partial charge is 0.240 e. The summed E-state index contributed by atoms with van der Waals surface area (Å²) in [6.07, 6.45) is 0. The maximum absolute atomic E-state index is 11.4. The first-order valence-corrected chi connectivity index (χ1v) is 5.79. The lowest BCUT2D eigenvalue weighted by Crippen LogP contribution is -2.18. The van der Waals surface area contributed by atoms with Crippen LogP contribution in [0.1, 0.15) is 5.56 Å². The van der Waals surface area contributed by atoms with Crippen molar-refractivity contribution in [2.75, 3.05) is 7.05 Å². The summed E-state index contributed by atoms with van der Waals surface area (Å²) < 4.78 is 24.9. The summed E-state index contributed by atoms with van der Waals surface area (Å²) in [6, 6.07) is 4.46. The minimum Gasteiger partial charge on any atom is -0.326 e. The summed E-state index contributed by atoms with van der Waals surface area (Å²) in [6.45, 7) is 0.290. The summed E-state index contributed by atoms with van der Waals surface area (Å²) in [5.41, 5.74) is 6.12. The van der Waals surface area contributed by atoms with Crippen LogP contribution in [0.4, 0.5) is 0 Å². The van der Waals surface area contributed by atoms with Crippen LogP contribution >= 0.6 is 11.6 Å². The fourth-order valence-corrected chi connectivity index (χ4v) is 2.06. The van der Waals surface area contributed by atoms with Crippen LogP contribution in [0.2, 0.25) is 5.02 Å². The van der Waals surface area contributed by atoms with E-state index >= 15 is 0 Å². The second-order valence-corrected chi connectivity index (χ2v) is 4.96. The Kier molecular flexibility index (Phi) is 3.49. The van der Waals surface area contributed by atoms with Gasteiger partial charge in [-0.15, -0.1) is 0 Å². The van der Waals surface area contributed by atoms with Crippen LogP contribution in [0.5, 0.6) is 0 Å². The molecule has 0 bridgehead atoms. The molecule has 0 heterocycles. The van der Waals surface area contributed by atoms with Crippen LogP contribution in [0.25, 0.3) is 0 Å². The number of hydrogen-bond donors (Lipinski definition) is 2. The van der Waals surface area contributed by atoms with Gasteiger partial charge in [0.1, 0.15) is 0 Å². The molecule has 1 aromatic carbocycles. The lowest BCUT2D eigenvalue weighted by molar-refractivity contribution is 0.588. The van der Waals surface area contributed by atoms with Crippen molar-refractivity contribution in [2.24, 2.45) is 5.73 Å². The van der Waals surface area contributed by atoms with Gasteiger partial charge < -0.3 is 5.73 Å². The lowest BCUT2D eigenvalue weighted by atomic mass is 10.2. The molecular weight excluding hydrogens is 224 g/mol. The van der Waals surface area contributed by atoms with Crippen molar-refractivity contribution in [2.45, 2.75) is 11.4 Å². The van der Waals surface area contributed by atoms with E-state index in [9.17, 15) is 8.42 Å². The van der Waals surface area contributed by atoms with E-state index in [4.69, 9.17) is 17.3 Å². The molecule has 0 fully saturated rings. The van der Waals surface area contributed by atoms with E-state index in [1.54, 1.807) is 6.07 Å². The van der Waals surface area contributed by atoms with Gasteiger partial charge >= 0.3 is 0 Å². The molecule has 3 N–H and O–H groups in total. The summed E-state index contributed by atoms with van der Waals surface area (Å²) in [5, 5.41) is 0.365. The average molecular weight is 235 g/mol. The van der Waals surface area contributed by atoms with E-state index in [0.29, 0.717) is 11.6 Å². The van der Waals surface area contributed by atoms with Crippen LogP contribution in [0.15, 0.2) is 23.1 Å². The van der Waals surface area contributed by atoms with E-state index in [1.165, 1.54) is 19.2 Å². The molecule has 4 nitrogen and oxygen atoms in total. The molecule has 0 atom stereocenters. The molecule has 78 valence electrons. The zero-order chi connectivity index (χ0) is 10.8. The minimum atomic E-state index is -3.42. The second kappa shape index (κ2) is 4.27. The molecule has 0 amide bonds. The van der Waals surface area contributed by atoms with Gasteiger partial charge in [0.2, 0.25) is 10.0 Å². The monoisotopic (exact) mass is 234 g/mol. The van der Waals surface area contributed by atoms with Crippen LogP contribution in [-0.2, 0) is 16.6 Å². The van der Waals surface area contributed by atoms with Gasteiger partial charge in [0.05, 0.1) is 4.90 Å². The van der Waals surface area contributed by atoms with Gasteiger partial charge in [0, 0.05) is 11.6 Å². The molecule has 1 aromatic rings. The highest BCUT2D eigenvalue weighted by Crippen LogP contribution is 2.20. The predicted molar refractivity (Wildman–Crippen MR) is 55.6 cm³/mol. The molecule has 0 radical (unpaired) electrons. The molecule has 0 aromatic heterocycles. The van der Waals surface area contributed by atoms with Gasteiger partial charge in [-0.2, -0.15) is 0 Å². The van der Waals surface area contributed by atoms with E-state index in [-0.39, 0.29) is 4.90 Å². The Bertz CT molecular complexity index is 431. The lowest BCUT2D eigenvalue weighted by Gasteiger charge is -2.05. The van der Waals surface area contributed by atoms with Crippen molar-refractivity contribution >= 4 is 21.6 Å². The molecule has 0 aliphatic heterocycles. The van der Waals surface area contributed by atoms with Crippen molar-refractivity contribution < 1.29 is 8.42 Å². The highest BCUT2D eigenvalue weighted by atomic mass is 35.5. The fourth-order valence-electron chi connectivity index (χ4n) is 0.979. The molecule has 0 unspecified atom stereocenters. The first-order valence-electron chi connectivity index (χ1n) is 3.93. The maximum atomic E-state index is 11.4. The number of sulfonamides is 1. The molecule has 0 aliphatic rings. The number of hydrogen-bond acceptors (Lipinski definition) is 3. The first-order chi connectivity index (χ1) is 6.51. The van der Waals surface area contributed by atoms with Crippen LogP contribution < -0.4 is 10.5 Å². The molecular formula is C8H11ClN2O2S. The number of rotatable bonds is 3. The SMILES string of the molecule is CNS(=O)(=O)c1ccc(CN)c(Cl)c1. The molecule has 14 heavy (non-hydrogen) atoms. The van der Waals surface area contributed by atoms with Gasteiger partial charge in [-0.25, -0.2) is 13.1 Å². The van der Waals surface area contributed by atoms with Crippen molar-refractivity contribution in [1.29, 1.82) is 0 Å². The summed E-state index contributed by atoms with van der Waals surface area (Å²) in [5.74, 6) is 0. The minimum absolute atomic E-state index is 0.141. The van der Waals surface area contributed by atoms with Crippen molar-refractivity contribution in [3.63, 3.8) is 0 Å². The van der Waals surface area contributed by atoms with E-state index < -0.39 is 10.0 Å². The molecule has 0 spiro atoms. The number of nitrogens with one attached hydrogen (secondary N) is 1. The Labute approximate surface area is 88.1 Å². The maximum Gasteiger partial charge on any atom is 0.240 e. The largest absolute Gasteiger partial charge is 0.326 e. The molecule has 0 saturated carbocycles. The molecule has 0 saturated heterocycles. The fraction of sp³-hybridized carbons (Fsp3) is 0.250. The van der Waals surface area contributed by atoms with Gasteiger partial charge in [0.25, 0.3) is 0 Å². The number of benzene rings is 1. The third-order valence-corrected chi connectivity index (χ3v) is 3.59. The topological polar surface area (TPSA) is 72.2 Å². The Hall–Kier alpha value is -0.620. The zero-order valence-electron chi connectivity index (χ0n) is 7.62. The van der Waals surface area contributed by atoms with Crippen LogP contribution in [-0.4, -0.2) is 15.5 Å². The van der Waals surface area contributed by atoms with Gasteiger partial charge in [0.15, 0.2) is 0 Å². The summed E-state index contributed by atoms with van der Waals surface area (Å²) in [7, 11) is -2.07. The zero-order valence-corrected chi connectivity index (χ0v) is 9.19. The van der Waals surface area contributed by atoms with E-state index in [2.05, 4.69) is 4.72 Å². The standard InChI is InChI=1S/C8H11ClN2O2S/c1-11-14(12,13)7-3-2-6(5-10)8(9)4-7/h2-4,11H,5,10H2,1H3.